The normalized spacial score (nSPS) is 10.3. The van der Waals surface area contributed by atoms with Gasteiger partial charge >= 0.3 is 5.97 Å². The lowest BCUT2D eigenvalue weighted by molar-refractivity contribution is 0.0693. The van der Waals surface area contributed by atoms with Crippen LogP contribution in [0.25, 0.3) is 0 Å². The van der Waals surface area contributed by atoms with Crippen LogP contribution in [0.4, 0.5) is 0 Å². The van der Waals surface area contributed by atoms with Crippen LogP contribution in [0.5, 0.6) is 5.75 Å². The smallest absolute Gasteiger partial charge is 0.339 e. The average Bonchev–Trinajstić information content (AvgIpc) is 2.78. The van der Waals surface area contributed by atoms with Crippen molar-refractivity contribution in [1.82, 2.24) is 0 Å². The van der Waals surface area contributed by atoms with Gasteiger partial charge in [-0.1, -0.05) is 88.5 Å². The number of phenols is 1. The van der Waals surface area contributed by atoms with Crippen LogP contribution in [0, 0.1) is 13.8 Å². The van der Waals surface area contributed by atoms with Gasteiger partial charge in [0.2, 0.25) is 0 Å². The van der Waals surface area contributed by atoms with Crippen molar-refractivity contribution in [1.29, 1.82) is 0 Å². The van der Waals surface area contributed by atoms with Crippen LogP contribution in [0.1, 0.15) is 109 Å². The quantitative estimate of drug-likeness (QED) is 0.247. The van der Waals surface area contributed by atoms with Crippen molar-refractivity contribution in [2.45, 2.75) is 91.4 Å². The van der Waals surface area contributed by atoms with E-state index in [2.05, 4.69) is 6.92 Å². The molecule has 0 saturated carbocycles. The minimum absolute atomic E-state index is 0.00424. The molecule has 0 unspecified atom stereocenters. The number of hydrogen-bond acceptors (Lipinski definition) is 3. The number of carbonyl (C=O) groups is 2. The first-order valence-electron chi connectivity index (χ1n) is 12.0. The van der Waals surface area contributed by atoms with Crippen LogP contribution in [0.15, 0.2) is 36.4 Å². The Morgan fingerprint density at radius 3 is 1.97 bits per heavy atom. The Morgan fingerprint density at radius 1 is 0.844 bits per heavy atom. The van der Waals surface area contributed by atoms with Crippen molar-refractivity contribution < 1.29 is 19.8 Å². The van der Waals surface area contributed by atoms with Gasteiger partial charge in [-0.25, -0.2) is 4.79 Å². The van der Waals surface area contributed by atoms with E-state index in [1.165, 1.54) is 63.9 Å². The fourth-order valence-corrected chi connectivity index (χ4v) is 3.61. The number of aromatic carboxylic acids is 1. The predicted molar refractivity (Wildman–Crippen MR) is 132 cm³/mol. The fraction of sp³-hybridized carbons (Fsp3) is 0.500. The Kier molecular flexibility index (Phi) is 13.8. The molecule has 2 N–H and O–H groups in total. The zero-order chi connectivity index (χ0) is 23.8. The minimum Gasteiger partial charge on any atom is -0.507 e. The molecule has 0 aromatic heterocycles. The molecule has 0 spiro atoms. The van der Waals surface area contributed by atoms with E-state index < -0.39 is 5.97 Å². The van der Waals surface area contributed by atoms with Crippen molar-refractivity contribution in [2.75, 3.05) is 0 Å². The van der Waals surface area contributed by atoms with Crippen LogP contribution in [-0.2, 0) is 6.42 Å². The number of hydrogen-bond donors (Lipinski definition) is 2. The second-order valence-corrected chi connectivity index (χ2v) is 8.57. The highest BCUT2D eigenvalue weighted by Gasteiger charge is 2.09. The number of aromatic hydroxyl groups is 1. The summed E-state index contributed by atoms with van der Waals surface area (Å²) in [6.07, 6.45) is 14.7. The number of aryl methyl sites for hydroxylation is 3. The molecule has 4 heteroatoms. The van der Waals surface area contributed by atoms with Crippen LogP contribution < -0.4 is 0 Å². The summed E-state index contributed by atoms with van der Waals surface area (Å²) in [5.74, 6) is -1.22. The standard InChI is InChI=1S/C19H30O3.C9H10O/c1-2-3-4-5-6-7-8-9-10-11-12-16-13-14-18(20)17(15-16)19(21)22;1-7-3-4-8(2)9(5-7)6-10/h13-15,20H,2-12H2,1H3,(H,21,22);3-6H,1-2H3. The van der Waals surface area contributed by atoms with Gasteiger partial charge in [-0.15, -0.1) is 0 Å². The molecule has 2 rings (SSSR count). The summed E-state index contributed by atoms with van der Waals surface area (Å²) in [5, 5.41) is 18.4. The molecule has 4 nitrogen and oxygen atoms in total. The molecule has 0 aliphatic heterocycles. The van der Waals surface area contributed by atoms with E-state index in [1.807, 2.05) is 38.1 Å². The summed E-state index contributed by atoms with van der Waals surface area (Å²) in [5.41, 5.74) is 3.97. The first kappa shape index (κ1) is 27.4. The Balaban J connectivity index is 0.000000425. The molecule has 2 aromatic carbocycles. The van der Waals surface area contributed by atoms with Gasteiger partial charge in [0.05, 0.1) is 0 Å². The topological polar surface area (TPSA) is 74.6 Å². The maximum absolute atomic E-state index is 11.0. The van der Waals surface area contributed by atoms with E-state index in [4.69, 9.17) is 5.11 Å². The van der Waals surface area contributed by atoms with Gasteiger partial charge in [0.25, 0.3) is 0 Å². The number of aldehydes is 1. The van der Waals surface area contributed by atoms with Crippen LogP contribution in [0.3, 0.4) is 0 Å². The van der Waals surface area contributed by atoms with E-state index in [1.54, 1.807) is 6.07 Å². The molecule has 32 heavy (non-hydrogen) atoms. The van der Waals surface area contributed by atoms with Crippen LogP contribution >= 0.6 is 0 Å². The van der Waals surface area contributed by atoms with E-state index >= 15 is 0 Å². The molecule has 0 radical (unpaired) electrons. The number of carbonyl (C=O) groups excluding carboxylic acids is 1. The third-order valence-corrected chi connectivity index (χ3v) is 5.67. The molecule has 0 fully saturated rings. The highest BCUT2D eigenvalue weighted by molar-refractivity contribution is 5.90. The highest BCUT2D eigenvalue weighted by atomic mass is 16.4. The first-order valence-corrected chi connectivity index (χ1v) is 12.0. The van der Waals surface area contributed by atoms with Crippen molar-refractivity contribution in [2.24, 2.45) is 0 Å². The largest absolute Gasteiger partial charge is 0.507 e. The Hall–Kier alpha value is -2.62. The van der Waals surface area contributed by atoms with Crippen LogP contribution in [0.2, 0.25) is 0 Å². The third-order valence-electron chi connectivity index (χ3n) is 5.67. The first-order chi connectivity index (χ1) is 15.4. The number of carboxylic acid groups (broad SMARTS) is 1. The SMILES string of the molecule is CCCCCCCCCCCCc1ccc(O)c(C(=O)O)c1.Cc1ccc(C)c(C=O)c1. The van der Waals surface area contributed by atoms with Gasteiger partial charge in [-0.3, -0.25) is 4.79 Å². The van der Waals surface area contributed by atoms with Gasteiger partial charge in [-0.05, 0) is 56.0 Å². The molecule has 2 aromatic rings. The summed E-state index contributed by atoms with van der Waals surface area (Å²) in [6.45, 7) is 6.16. The van der Waals surface area contributed by atoms with Crippen LogP contribution in [-0.4, -0.2) is 22.5 Å². The molecule has 0 heterocycles. The summed E-state index contributed by atoms with van der Waals surface area (Å²) in [7, 11) is 0. The molecule has 0 aliphatic rings. The summed E-state index contributed by atoms with van der Waals surface area (Å²) >= 11 is 0. The van der Waals surface area contributed by atoms with E-state index in [0.29, 0.717) is 0 Å². The summed E-state index contributed by atoms with van der Waals surface area (Å²) < 4.78 is 0. The molecular weight excluding hydrogens is 400 g/mol. The van der Waals surface area contributed by atoms with E-state index in [-0.39, 0.29) is 11.3 Å². The molecule has 176 valence electrons. The molecule has 0 aliphatic carbocycles. The van der Waals surface area contributed by atoms with Crippen molar-refractivity contribution in [3.8, 4) is 5.75 Å². The van der Waals surface area contributed by atoms with Gasteiger partial charge in [0, 0.05) is 5.56 Å². The van der Waals surface area contributed by atoms with E-state index in [0.717, 1.165) is 41.4 Å². The predicted octanol–water partition coefficient (Wildman–Crippen LogP) is 7.67. The Labute approximate surface area is 193 Å². The second kappa shape index (κ2) is 16.1. The second-order valence-electron chi connectivity index (χ2n) is 8.57. The number of unbranched alkanes of at least 4 members (excludes halogenated alkanes) is 9. The maximum Gasteiger partial charge on any atom is 0.339 e. The molecule has 0 saturated heterocycles. The van der Waals surface area contributed by atoms with Crippen molar-refractivity contribution in [3.63, 3.8) is 0 Å². The van der Waals surface area contributed by atoms with Gasteiger partial charge < -0.3 is 10.2 Å². The molecule has 0 amide bonds. The van der Waals surface area contributed by atoms with Gasteiger partial charge in [0.1, 0.15) is 17.6 Å². The molecule has 0 bridgehead atoms. The number of carboxylic acids is 1. The number of benzene rings is 2. The lowest BCUT2D eigenvalue weighted by Crippen LogP contribution is -1.98. The minimum atomic E-state index is -1.07. The zero-order valence-corrected chi connectivity index (χ0v) is 20.0. The lowest BCUT2D eigenvalue weighted by atomic mass is 10.0. The van der Waals surface area contributed by atoms with Crippen molar-refractivity contribution in [3.05, 3.63) is 64.2 Å². The highest BCUT2D eigenvalue weighted by Crippen LogP contribution is 2.20. The molecule has 0 atom stereocenters. The zero-order valence-electron chi connectivity index (χ0n) is 20.0. The lowest BCUT2D eigenvalue weighted by Gasteiger charge is -2.05. The van der Waals surface area contributed by atoms with E-state index in [9.17, 15) is 14.7 Å². The third kappa shape index (κ3) is 11.1. The Morgan fingerprint density at radius 2 is 1.44 bits per heavy atom. The molecular formula is C28H40O4. The Bertz CT molecular complexity index is 826. The average molecular weight is 441 g/mol. The fourth-order valence-electron chi connectivity index (χ4n) is 3.61. The van der Waals surface area contributed by atoms with Gasteiger partial charge in [-0.2, -0.15) is 0 Å². The monoisotopic (exact) mass is 440 g/mol. The number of rotatable bonds is 13. The summed E-state index contributed by atoms with van der Waals surface area (Å²) in [4.78, 5) is 21.3. The maximum atomic E-state index is 11.0. The van der Waals surface area contributed by atoms with Crippen molar-refractivity contribution >= 4 is 12.3 Å². The van der Waals surface area contributed by atoms with Gasteiger partial charge in [0.15, 0.2) is 0 Å². The summed E-state index contributed by atoms with van der Waals surface area (Å²) in [6, 6.07) is 10.7.